The van der Waals surface area contributed by atoms with Gasteiger partial charge in [-0.05, 0) is 47.9 Å². The molecule has 0 aliphatic heterocycles. The van der Waals surface area contributed by atoms with E-state index in [0.717, 1.165) is 10.8 Å². The van der Waals surface area contributed by atoms with Crippen molar-refractivity contribution in [2.75, 3.05) is 17.1 Å². The molecule has 32 heavy (non-hydrogen) atoms. The van der Waals surface area contributed by atoms with Crippen molar-refractivity contribution in [1.82, 2.24) is 0 Å². The fourth-order valence-corrected chi connectivity index (χ4v) is 4.59. The molecule has 0 aliphatic rings. The summed E-state index contributed by atoms with van der Waals surface area (Å²) in [7, 11) is -2.50. The zero-order valence-electron chi connectivity index (χ0n) is 17.0. The van der Waals surface area contributed by atoms with Crippen molar-refractivity contribution < 1.29 is 17.9 Å². The molecule has 0 spiro atoms. The Morgan fingerprint density at radius 2 is 1.62 bits per heavy atom. The van der Waals surface area contributed by atoms with Crippen LogP contribution in [-0.2, 0) is 10.0 Å². The highest BCUT2D eigenvalue weighted by molar-refractivity contribution is 7.92. The quantitative estimate of drug-likeness (QED) is 0.390. The average Bonchev–Trinajstić information content (AvgIpc) is 2.79. The van der Waals surface area contributed by atoms with Crippen LogP contribution in [0.3, 0.4) is 0 Å². The predicted molar refractivity (Wildman–Crippen MR) is 127 cm³/mol. The number of ether oxygens (including phenoxy) is 1. The molecular weight excluding hydrogens is 448 g/mol. The highest BCUT2D eigenvalue weighted by Gasteiger charge is 2.19. The van der Waals surface area contributed by atoms with Gasteiger partial charge in [-0.15, -0.1) is 0 Å². The maximum absolute atomic E-state index is 13.1. The minimum atomic E-state index is -3.94. The van der Waals surface area contributed by atoms with E-state index in [9.17, 15) is 13.2 Å². The van der Waals surface area contributed by atoms with Crippen molar-refractivity contribution in [2.24, 2.45) is 0 Å². The number of carbonyl (C=O) groups excluding carboxylic acids is 1. The number of hydrogen-bond donors (Lipinski definition) is 2. The van der Waals surface area contributed by atoms with Gasteiger partial charge in [0.25, 0.3) is 15.9 Å². The summed E-state index contributed by atoms with van der Waals surface area (Å²) in [6.45, 7) is 0. The van der Waals surface area contributed by atoms with E-state index in [0.29, 0.717) is 22.0 Å². The van der Waals surface area contributed by atoms with Gasteiger partial charge in [-0.25, -0.2) is 8.42 Å². The highest BCUT2D eigenvalue weighted by atomic mass is 35.5. The number of hydrogen-bond acceptors (Lipinski definition) is 4. The minimum absolute atomic E-state index is 0.0207. The Kier molecular flexibility index (Phi) is 6.03. The SMILES string of the molecule is COc1ccc(S(=O)(=O)Nc2cccc3ccccc23)cc1NC(=O)c1cccc(Cl)c1. The zero-order chi connectivity index (χ0) is 22.7. The molecule has 0 radical (unpaired) electrons. The number of amides is 1. The van der Waals surface area contributed by atoms with Crippen LogP contribution in [-0.4, -0.2) is 21.4 Å². The summed E-state index contributed by atoms with van der Waals surface area (Å²) < 4.78 is 34.2. The van der Waals surface area contributed by atoms with Crippen LogP contribution in [0.2, 0.25) is 5.02 Å². The molecule has 162 valence electrons. The van der Waals surface area contributed by atoms with E-state index in [1.807, 2.05) is 30.3 Å². The van der Waals surface area contributed by atoms with E-state index in [-0.39, 0.29) is 10.6 Å². The fraction of sp³-hybridized carbons (Fsp3) is 0.0417. The number of nitrogens with one attached hydrogen (secondary N) is 2. The summed E-state index contributed by atoms with van der Waals surface area (Å²) in [5.41, 5.74) is 1.02. The molecule has 0 bridgehead atoms. The monoisotopic (exact) mass is 466 g/mol. The molecule has 0 heterocycles. The number of methoxy groups -OCH3 is 1. The van der Waals surface area contributed by atoms with Crippen LogP contribution >= 0.6 is 11.6 Å². The second-order valence-corrected chi connectivity index (χ2v) is 9.08. The Bertz CT molecular complexity index is 1420. The molecule has 0 unspecified atom stereocenters. The predicted octanol–water partition coefficient (Wildman–Crippen LogP) is 5.55. The van der Waals surface area contributed by atoms with Crippen LogP contribution in [0.4, 0.5) is 11.4 Å². The average molecular weight is 467 g/mol. The number of anilines is 2. The van der Waals surface area contributed by atoms with Gasteiger partial charge in [-0.2, -0.15) is 0 Å². The van der Waals surface area contributed by atoms with Gasteiger partial charge >= 0.3 is 0 Å². The molecule has 8 heteroatoms. The van der Waals surface area contributed by atoms with Crippen molar-refractivity contribution in [2.45, 2.75) is 4.90 Å². The Morgan fingerprint density at radius 1 is 0.875 bits per heavy atom. The summed E-state index contributed by atoms with van der Waals surface area (Å²) in [6.07, 6.45) is 0. The van der Waals surface area contributed by atoms with Gasteiger partial charge in [0.2, 0.25) is 0 Å². The molecule has 0 saturated heterocycles. The number of halogens is 1. The van der Waals surface area contributed by atoms with E-state index < -0.39 is 15.9 Å². The normalized spacial score (nSPS) is 11.2. The number of fused-ring (bicyclic) bond motifs is 1. The van der Waals surface area contributed by atoms with Crippen LogP contribution in [0.25, 0.3) is 10.8 Å². The smallest absolute Gasteiger partial charge is 0.261 e. The zero-order valence-corrected chi connectivity index (χ0v) is 18.6. The summed E-state index contributed by atoms with van der Waals surface area (Å²) in [4.78, 5) is 12.6. The third-order valence-electron chi connectivity index (χ3n) is 4.85. The largest absolute Gasteiger partial charge is 0.495 e. The number of sulfonamides is 1. The molecule has 0 saturated carbocycles. The third-order valence-corrected chi connectivity index (χ3v) is 6.45. The Hall–Kier alpha value is -3.55. The first-order valence-corrected chi connectivity index (χ1v) is 11.5. The lowest BCUT2D eigenvalue weighted by atomic mass is 10.1. The van der Waals surface area contributed by atoms with Crippen LogP contribution in [0.15, 0.2) is 89.8 Å². The maximum atomic E-state index is 13.1. The molecule has 0 aliphatic carbocycles. The van der Waals surface area contributed by atoms with E-state index in [1.165, 1.54) is 31.4 Å². The van der Waals surface area contributed by atoms with E-state index in [4.69, 9.17) is 16.3 Å². The van der Waals surface area contributed by atoms with Gasteiger partial charge in [-0.1, -0.05) is 54.1 Å². The Labute approximate surface area is 190 Å². The number of benzene rings is 4. The van der Waals surface area contributed by atoms with Crippen molar-refractivity contribution >= 4 is 49.7 Å². The summed E-state index contributed by atoms with van der Waals surface area (Å²) >= 11 is 5.96. The number of rotatable bonds is 6. The van der Waals surface area contributed by atoms with Crippen LogP contribution in [0.5, 0.6) is 5.75 Å². The first kappa shape index (κ1) is 21.7. The lowest BCUT2D eigenvalue weighted by molar-refractivity contribution is 0.102. The van der Waals surface area contributed by atoms with Crippen LogP contribution in [0, 0.1) is 0 Å². The van der Waals surface area contributed by atoms with E-state index in [1.54, 1.807) is 30.3 Å². The van der Waals surface area contributed by atoms with Crippen molar-refractivity contribution in [1.29, 1.82) is 0 Å². The highest BCUT2D eigenvalue weighted by Crippen LogP contribution is 2.30. The Balaban J connectivity index is 1.67. The Morgan fingerprint density at radius 3 is 2.41 bits per heavy atom. The van der Waals surface area contributed by atoms with Crippen molar-refractivity contribution in [3.05, 3.63) is 95.5 Å². The first-order chi connectivity index (χ1) is 15.4. The van der Waals surface area contributed by atoms with Crippen molar-refractivity contribution in [3.8, 4) is 5.75 Å². The van der Waals surface area contributed by atoms with Gasteiger partial charge in [-0.3, -0.25) is 9.52 Å². The molecule has 1 amide bonds. The molecule has 0 aromatic heterocycles. The molecule has 4 aromatic carbocycles. The molecular formula is C24H19ClN2O4S. The first-order valence-electron chi connectivity index (χ1n) is 9.63. The van der Waals surface area contributed by atoms with Gasteiger partial charge < -0.3 is 10.1 Å². The van der Waals surface area contributed by atoms with E-state index >= 15 is 0 Å². The van der Waals surface area contributed by atoms with Crippen LogP contribution in [0.1, 0.15) is 10.4 Å². The van der Waals surface area contributed by atoms with Crippen LogP contribution < -0.4 is 14.8 Å². The fourth-order valence-electron chi connectivity index (χ4n) is 3.29. The molecule has 6 nitrogen and oxygen atoms in total. The molecule has 0 atom stereocenters. The third kappa shape index (κ3) is 4.54. The standard InChI is InChI=1S/C24H19ClN2O4S/c1-31-23-13-12-19(15-22(23)26-24(28)17-8-4-9-18(25)14-17)32(29,30)27-21-11-5-7-16-6-2-3-10-20(16)21/h2-15,27H,1H3,(H,26,28). The van der Waals surface area contributed by atoms with Gasteiger partial charge in [0, 0.05) is 16.0 Å². The summed E-state index contributed by atoms with van der Waals surface area (Å²) in [6, 6.07) is 23.6. The van der Waals surface area contributed by atoms with Gasteiger partial charge in [0.05, 0.1) is 23.4 Å². The summed E-state index contributed by atoms with van der Waals surface area (Å²) in [5, 5.41) is 4.81. The second kappa shape index (κ2) is 8.90. The topological polar surface area (TPSA) is 84.5 Å². The van der Waals surface area contributed by atoms with Crippen molar-refractivity contribution in [3.63, 3.8) is 0 Å². The molecule has 2 N–H and O–H groups in total. The molecule has 0 fully saturated rings. The molecule has 4 aromatic rings. The number of carbonyl (C=O) groups is 1. The maximum Gasteiger partial charge on any atom is 0.261 e. The molecule has 4 rings (SSSR count). The lowest BCUT2D eigenvalue weighted by Crippen LogP contribution is -2.16. The second-order valence-electron chi connectivity index (χ2n) is 6.96. The summed E-state index contributed by atoms with van der Waals surface area (Å²) in [5.74, 6) is -0.119. The lowest BCUT2D eigenvalue weighted by Gasteiger charge is -2.14. The van der Waals surface area contributed by atoms with E-state index in [2.05, 4.69) is 10.0 Å². The van der Waals surface area contributed by atoms with Gasteiger partial charge in [0.15, 0.2) is 0 Å². The van der Waals surface area contributed by atoms with Gasteiger partial charge in [0.1, 0.15) is 5.75 Å². The minimum Gasteiger partial charge on any atom is -0.495 e.